The number of halogens is 4. The van der Waals surface area contributed by atoms with E-state index in [9.17, 15) is 22.4 Å². The lowest BCUT2D eigenvalue weighted by atomic mass is 10.0. The predicted molar refractivity (Wildman–Crippen MR) is 78.6 cm³/mol. The largest absolute Gasteiger partial charge is 0.407 e. The monoisotopic (exact) mass is 371 g/mol. The van der Waals surface area contributed by atoms with E-state index in [4.69, 9.17) is 5.26 Å². The van der Waals surface area contributed by atoms with E-state index >= 15 is 0 Å². The SMILES string of the molecule is N#CCNC(=O)[C@H](Cc1nnn[nH]1)N[C@@H](c1cccc(F)c1)C(F)(F)F. The minimum atomic E-state index is -4.80. The van der Waals surface area contributed by atoms with Crippen molar-refractivity contribution in [2.24, 2.45) is 0 Å². The molecule has 0 spiro atoms. The Labute approximate surface area is 144 Å². The molecule has 3 N–H and O–H groups in total. The second kappa shape index (κ2) is 8.34. The Balaban J connectivity index is 2.29. The van der Waals surface area contributed by atoms with Gasteiger partial charge >= 0.3 is 6.18 Å². The van der Waals surface area contributed by atoms with Crippen LogP contribution in [0.25, 0.3) is 0 Å². The Kier molecular flexibility index (Phi) is 6.18. The summed E-state index contributed by atoms with van der Waals surface area (Å²) in [6, 6.07) is 1.88. The topological polar surface area (TPSA) is 119 Å². The Morgan fingerprint density at radius 3 is 2.73 bits per heavy atom. The molecule has 0 saturated heterocycles. The Bertz CT molecular complexity index is 772. The zero-order valence-electron chi connectivity index (χ0n) is 13.1. The van der Waals surface area contributed by atoms with Crippen molar-refractivity contribution in [3.8, 4) is 6.07 Å². The number of hydrogen-bond donors (Lipinski definition) is 3. The number of hydrogen-bond acceptors (Lipinski definition) is 6. The Morgan fingerprint density at radius 1 is 1.38 bits per heavy atom. The molecule has 0 radical (unpaired) electrons. The molecule has 2 aromatic rings. The summed E-state index contributed by atoms with van der Waals surface area (Å²) in [6.07, 6.45) is -5.10. The van der Waals surface area contributed by atoms with Crippen LogP contribution in [-0.4, -0.2) is 45.3 Å². The average molecular weight is 371 g/mol. The molecule has 0 unspecified atom stereocenters. The quantitative estimate of drug-likeness (QED) is 0.489. The molecule has 0 saturated carbocycles. The number of benzene rings is 1. The van der Waals surface area contributed by atoms with Crippen LogP contribution in [0.4, 0.5) is 17.6 Å². The molecule has 0 bridgehead atoms. The van der Waals surface area contributed by atoms with Crippen LogP contribution < -0.4 is 10.6 Å². The lowest BCUT2D eigenvalue weighted by molar-refractivity contribution is -0.160. The summed E-state index contributed by atoms with van der Waals surface area (Å²) in [4.78, 5) is 12.1. The van der Waals surface area contributed by atoms with Crippen LogP contribution >= 0.6 is 0 Å². The number of carbonyl (C=O) groups excluding carboxylic acids is 1. The molecule has 1 aromatic heterocycles. The fraction of sp³-hybridized carbons (Fsp3) is 0.357. The maximum absolute atomic E-state index is 13.5. The maximum atomic E-state index is 13.5. The van der Waals surface area contributed by atoms with Gasteiger partial charge in [-0.1, -0.05) is 12.1 Å². The molecule has 1 amide bonds. The number of amides is 1. The molecule has 0 aliphatic carbocycles. The number of H-pyrrole nitrogens is 1. The number of carbonyl (C=O) groups is 1. The first-order valence-corrected chi connectivity index (χ1v) is 7.26. The molecule has 1 heterocycles. The van der Waals surface area contributed by atoms with Crippen molar-refractivity contribution in [1.29, 1.82) is 5.26 Å². The van der Waals surface area contributed by atoms with Gasteiger partial charge in [-0.2, -0.15) is 18.4 Å². The van der Waals surface area contributed by atoms with Crippen LogP contribution in [0.1, 0.15) is 17.4 Å². The number of alkyl halides is 3. The van der Waals surface area contributed by atoms with Crippen molar-refractivity contribution in [1.82, 2.24) is 31.3 Å². The fourth-order valence-electron chi connectivity index (χ4n) is 2.20. The highest BCUT2D eigenvalue weighted by Gasteiger charge is 2.43. The van der Waals surface area contributed by atoms with Crippen molar-refractivity contribution >= 4 is 5.91 Å². The molecule has 0 aliphatic rings. The highest BCUT2D eigenvalue weighted by molar-refractivity contribution is 5.82. The van der Waals surface area contributed by atoms with Crippen LogP contribution in [0.3, 0.4) is 0 Å². The van der Waals surface area contributed by atoms with E-state index in [2.05, 4.69) is 31.3 Å². The number of rotatable bonds is 7. The summed E-state index contributed by atoms with van der Waals surface area (Å²) in [6.45, 7) is -0.387. The summed E-state index contributed by atoms with van der Waals surface area (Å²) < 4.78 is 53.8. The van der Waals surface area contributed by atoms with Gasteiger partial charge in [-0.25, -0.2) is 9.49 Å². The third kappa shape index (κ3) is 5.21. The minimum absolute atomic E-state index is 0.0646. The zero-order chi connectivity index (χ0) is 19.2. The molecule has 8 nitrogen and oxygen atoms in total. The van der Waals surface area contributed by atoms with Gasteiger partial charge in [0.2, 0.25) is 5.91 Å². The summed E-state index contributed by atoms with van der Waals surface area (Å²) in [5, 5.41) is 25.3. The van der Waals surface area contributed by atoms with Crippen LogP contribution in [0, 0.1) is 17.1 Å². The van der Waals surface area contributed by atoms with Gasteiger partial charge in [0.15, 0.2) is 5.82 Å². The van der Waals surface area contributed by atoms with Gasteiger partial charge in [0.05, 0.1) is 12.1 Å². The van der Waals surface area contributed by atoms with Gasteiger partial charge in [-0.3, -0.25) is 10.1 Å². The summed E-state index contributed by atoms with van der Waals surface area (Å²) in [5.74, 6) is -1.63. The third-order valence-corrected chi connectivity index (χ3v) is 3.32. The molecular weight excluding hydrogens is 358 g/mol. The van der Waals surface area contributed by atoms with Crippen LogP contribution in [0.2, 0.25) is 0 Å². The zero-order valence-corrected chi connectivity index (χ0v) is 13.1. The lowest BCUT2D eigenvalue weighted by Crippen LogP contribution is -2.50. The normalized spacial score (nSPS) is 13.7. The summed E-state index contributed by atoms with van der Waals surface area (Å²) >= 11 is 0. The first-order valence-electron chi connectivity index (χ1n) is 7.26. The predicted octanol–water partition coefficient (Wildman–Crippen LogP) is 0.783. The molecule has 0 fully saturated rings. The van der Waals surface area contributed by atoms with Gasteiger partial charge < -0.3 is 5.32 Å². The van der Waals surface area contributed by atoms with Crippen molar-refractivity contribution in [2.75, 3.05) is 6.54 Å². The molecule has 138 valence electrons. The van der Waals surface area contributed by atoms with E-state index in [0.29, 0.717) is 0 Å². The molecule has 1 aromatic carbocycles. The molecular formula is C14H13F4N7O. The van der Waals surface area contributed by atoms with Gasteiger partial charge in [0.1, 0.15) is 18.4 Å². The first kappa shape index (κ1) is 19.3. The van der Waals surface area contributed by atoms with Gasteiger partial charge in [-0.05, 0) is 28.1 Å². The number of nitrogens with zero attached hydrogens (tertiary/aromatic N) is 4. The Hall–Kier alpha value is -3.07. The molecule has 12 heteroatoms. The number of nitrogens with one attached hydrogen (secondary N) is 3. The second-order valence-corrected chi connectivity index (χ2v) is 5.18. The average Bonchev–Trinajstić information content (AvgIpc) is 3.08. The Morgan fingerprint density at radius 2 is 2.15 bits per heavy atom. The fourth-order valence-corrected chi connectivity index (χ4v) is 2.20. The molecule has 2 atom stereocenters. The van der Waals surface area contributed by atoms with E-state index in [-0.39, 0.29) is 18.8 Å². The van der Waals surface area contributed by atoms with Gasteiger partial charge in [-0.15, -0.1) is 5.10 Å². The van der Waals surface area contributed by atoms with Gasteiger partial charge in [0.25, 0.3) is 0 Å². The van der Waals surface area contributed by atoms with E-state index in [0.717, 1.165) is 24.3 Å². The molecule has 26 heavy (non-hydrogen) atoms. The van der Waals surface area contributed by atoms with E-state index in [1.165, 1.54) is 0 Å². The number of nitriles is 1. The smallest absolute Gasteiger partial charge is 0.342 e. The van der Waals surface area contributed by atoms with E-state index < -0.39 is 35.5 Å². The number of tetrazole rings is 1. The number of aromatic amines is 1. The highest BCUT2D eigenvalue weighted by atomic mass is 19.4. The first-order chi connectivity index (χ1) is 12.3. The molecule has 0 aliphatic heterocycles. The molecule has 2 rings (SSSR count). The minimum Gasteiger partial charge on any atom is -0.342 e. The maximum Gasteiger partial charge on any atom is 0.407 e. The van der Waals surface area contributed by atoms with Crippen LogP contribution in [0.15, 0.2) is 24.3 Å². The second-order valence-electron chi connectivity index (χ2n) is 5.18. The van der Waals surface area contributed by atoms with Crippen molar-refractivity contribution in [3.05, 3.63) is 41.5 Å². The highest BCUT2D eigenvalue weighted by Crippen LogP contribution is 2.33. The van der Waals surface area contributed by atoms with Crippen molar-refractivity contribution in [3.63, 3.8) is 0 Å². The number of aromatic nitrogens is 4. The van der Waals surface area contributed by atoms with Gasteiger partial charge in [0, 0.05) is 6.42 Å². The standard InChI is InChI=1S/C14H13F4N7O/c15-9-3-1-2-8(6-9)12(14(16,17)18)21-10(13(26)20-5-4-19)7-11-22-24-25-23-11/h1-3,6,10,12,21H,5,7H2,(H,20,26)(H,22,23,24,25)/t10-,12-/m0/s1. The lowest BCUT2D eigenvalue weighted by Gasteiger charge is -2.26. The summed E-state index contributed by atoms with van der Waals surface area (Å²) in [5.41, 5.74) is -0.397. The van der Waals surface area contributed by atoms with E-state index in [1.54, 1.807) is 6.07 Å². The van der Waals surface area contributed by atoms with Crippen molar-refractivity contribution < 1.29 is 22.4 Å². The van der Waals surface area contributed by atoms with Crippen LogP contribution in [0.5, 0.6) is 0 Å². The van der Waals surface area contributed by atoms with Crippen molar-refractivity contribution in [2.45, 2.75) is 24.7 Å². The summed E-state index contributed by atoms with van der Waals surface area (Å²) in [7, 11) is 0. The third-order valence-electron chi connectivity index (χ3n) is 3.32. The van der Waals surface area contributed by atoms with E-state index in [1.807, 2.05) is 0 Å². The van der Waals surface area contributed by atoms with Crippen LogP contribution in [-0.2, 0) is 11.2 Å².